The minimum Gasteiger partial charge on any atom is -0.355 e. The normalized spacial score (nSPS) is 11.2. The van der Waals surface area contributed by atoms with E-state index in [4.69, 9.17) is 6.57 Å². The van der Waals surface area contributed by atoms with Crippen LogP contribution in [0.5, 0.6) is 0 Å². The van der Waals surface area contributed by atoms with Crippen LogP contribution in [-0.2, 0) is 12.7 Å². The number of hydrogen-bond donors (Lipinski definition) is 1. The van der Waals surface area contributed by atoms with E-state index >= 15 is 0 Å². The zero-order valence-electron chi connectivity index (χ0n) is 21.0. The number of hydrogen-bond acceptors (Lipinski definition) is 2. The maximum atomic E-state index is 13.9. The Balaban J connectivity index is 1.95. The molecule has 38 heavy (non-hydrogen) atoms. The lowest BCUT2D eigenvalue weighted by Gasteiger charge is -2.19. The highest BCUT2D eigenvalue weighted by Gasteiger charge is 2.36. The van der Waals surface area contributed by atoms with Crippen LogP contribution in [0.25, 0.3) is 27.2 Å². The van der Waals surface area contributed by atoms with Gasteiger partial charge in [0, 0.05) is 18.3 Å². The Kier molecular flexibility index (Phi) is 7.22. The van der Waals surface area contributed by atoms with Gasteiger partial charge in [-0.2, -0.15) is 13.2 Å². The summed E-state index contributed by atoms with van der Waals surface area (Å²) in [5.74, 6) is -0.269. The molecule has 4 aromatic rings. The molecule has 0 saturated carbocycles. The Hall–Kier alpha value is -4.64. The summed E-state index contributed by atoms with van der Waals surface area (Å²) in [5.41, 5.74) is 1.61. The molecule has 0 atom stereocenters. The minimum absolute atomic E-state index is 0.00266. The third-order valence-corrected chi connectivity index (χ3v) is 6.36. The number of amides is 1. The molecule has 0 aliphatic rings. The van der Waals surface area contributed by atoms with Crippen molar-refractivity contribution < 1.29 is 18.0 Å². The summed E-state index contributed by atoms with van der Waals surface area (Å²) < 4.78 is 43.1. The van der Waals surface area contributed by atoms with Gasteiger partial charge < -0.3 is 9.88 Å². The van der Waals surface area contributed by atoms with Gasteiger partial charge in [-0.25, -0.2) is 4.85 Å². The van der Waals surface area contributed by atoms with Crippen LogP contribution < -0.4 is 10.9 Å². The molecule has 0 spiro atoms. The first-order chi connectivity index (χ1) is 18.0. The first-order valence-electron chi connectivity index (χ1n) is 11.7. The Labute approximate surface area is 218 Å². The number of nitrogens with one attached hydrogen (secondary N) is 1. The van der Waals surface area contributed by atoms with Gasteiger partial charge in [-0.05, 0) is 65.9 Å². The number of carbonyl (C=O) groups excluding carboxylic acids is 1. The van der Waals surface area contributed by atoms with Gasteiger partial charge in [-0.3, -0.25) is 9.59 Å². The molecular formula is C30H24F3N3O2. The van der Waals surface area contributed by atoms with E-state index in [0.29, 0.717) is 22.3 Å². The molecule has 1 amide bonds. The highest BCUT2D eigenvalue weighted by molar-refractivity contribution is 5.95. The largest absolute Gasteiger partial charge is 0.407 e. The van der Waals surface area contributed by atoms with Crippen molar-refractivity contribution in [1.29, 1.82) is 0 Å². The average Bonchev–Trinajstić information content (AvgIpc) is 2.90. The first-order valence-corrected chi connectivity index (χ1v) is 11.7. The smallest absolute Gasteiger partial charge is 0.355 e. The molecule has 0 saturated heterocycles. The van der Waals surface area contributed by atoms with Gasteiger partial charge in [0.25, 0.3) is 17.2 Å². The van der Waals surface area contributed by atoms with Crippen LogP contribution in [-0.4, -0.2) is 17.5 Å². The van der Waals surface area contributed by atoms with Gasteiger partial charge in [0.15, 0.2) is 0 Å². The number of carbonyl (C=O) groups is 1. The first kappa shape index (κ1) is 26.4. The third kappa shape index (κ3) is 5.23. The van der Waals surface area contributed by atoms with E-state index in [-0.39, 0.29) is 18.1 Å². The quantitative estimate of drug-likeness (QED) is 0.298. The van der Waals surface area contributed by atoms with Crippen molar-refractivity contribution in [1.82, 2.24) is 9.88 Å². The van der Waals surface area contributed by atoms with Crippen LogP contribution in [0.2, 0.25) is 0 Å². The van der Waals surface area contributed by atoms with Gasteiger partial charge in [0.05, 0.1) is 18.7 Å². The van der Waals surface area contributed by atoms with Gasteiger partial charge >= 0.3 is 6.18 Å². The third-order valence-electron chi connectivity index (χ3n) is 6.36. The van der Waals surface area contributed by atoms with E-state index < -0.39 is 23.0 Å². The number of halogens is 3. The van der Waals surface area contributed by atoms with Crippen molar-refractivity contribution in [2.45, 2.75) is 26.6 Å². The highest BCUT2D eigenvalue weighted by Crippen LogP contribution is 2.38. The van der Waals surface area contributed by atoms with E-state index in [1.807, 2.05) is 32.0 Å². The molecule has 0 unspecified atom stereocenters. The zero-order valence-corrected chi connectivity index (χ0v) is 21.0. The second kappa shape index (κ2) is 10.4. The predicted molar refractivity (Wildman–Crippen MR) is 141 cm³/mol. The Morgan fingerprint density at radius 2 is 1.61 bits per heavy atom. The Morgan fingerprint density at radius 1 is 0.947 bits per heavy atom. The van der Waals surface area contributed by atoms with E-state index in [1.165, 1.54) is 11.6 Å². The summed E-state index contributed by atoms with van der Waals surface area (Å²) in [7, 11) is 1.52. The van der Waals surface area contributed by atoms with Crippen LogP contribution in [0.15, 0.2) is 77.6 Å². The molecule has 5 nitrogen and oxygen atoms in total. The van der Waals surface area contributed by atoms with Crippen molar-refractivity contribution in [2.75, 3.05) is 7.05 Å². The second-order valence-electron chi connectivity index (χ2n) is 8.96. The van der Waals surface area contributed by atoms with Crippen LogP contribution in [0.4, 0.5) is 18.9 Å². The van der Waals surface area contributed by atoms with Crippen molar-refractivity contribution >= 4 is 11.6 Å². The fraction of sp³-hybridized carbons (Fsp3) is 0.167. The topological polar surface area (TPSA) is 55.5 Å². The van der Waals surface area contributed by atoms with Crippen LogP contribution in [0.3, 0.4) is 0 Å². The maximum absolute atomic E-state index is 13.9. The molecule has 8 heteroatoms. The van der Waals surface area contributed by atoms with Crippen molar-refractivity contribution in [3.05, 3.63) is 122 Å². The molecule has 192 valence electrons. The lowest BCUT2D eigenvalue weighted by atomic mass is 9.98. The summed E-state index contributed by atoms with van der Waals surface area (Å²) in [6.45, 7) is 11.1. The van der Waals surface area contributed by atoms with Crippen molar-refractivity contribution in [3.63, 3.8) is 0 Å². The lowest BCUT2D eigenvalue weighted by Crippen LogP contribution is -2.25. The van der Waals surface area contributed by atoms with Crippen LogP contribution in [0.1, 0.15) is 32.6 Å². The van der Waals surface area contributed by atoms with Crippen LogP contribution in [0, 0.1) is 20.4 Å². The molecule has 4 rings (SSSR count). The summed E-state index contributed by atoms with van der Waals surface area (Å²) in [6, 6.07) is 20.1. The number of aryl methyl sites for hydroxylation is 2. The van der Waals surface area contributed by atoms with E-state index in [9.17, 15) is 22.8 Å². The molecule has 0 bridgehead atoms. The molecule has 1 N–H and O–H groups in total. The fourth-order valence-electron chi connectivity index (χ4n) is 4.39. The summed E-state index contributed by atoms with van der Waals surface area (Å²) in [4.78, 5) is 28.4. The Morgan fingerprint density at radius 3 is 2.24 bits per heavy atom. The maximum Gasteiger partial charge on any atom is 0.407 e. The summed E-state index contributed by atoms with van der Waals surface area (Å²) >= 11 is 0. The number of aromatic nitrogens is 1. The molecule has 1 aromatic heterocycles. The molecule has 0 aliphatic heterocycles. The lowest BCUT2D eigenvalue weighted by molar-refractivity contribution is -0.136. The summed E-state index contributed by atoms with van der Waals surface area (Å²) in [5, 5.41) is 2.57. The molecule has 3 aromatic carbocycles. The van der Waals surface area contributed by atoms with Crippen molar-refractivity contribution in [3.8, 4) is 22.4 Å². The van der Waals surface area contributed by atoms with Crippen molar-refractivity contribution in [2.24, 2.45) is 0 Å². The molecule has 0 radical (unpaired) electrons. The number of benzene rings is 3. The fourth-order valence-corrected chi connectivity index (χ4v) is 4.39. The number of rotatable bonds is 5. The summed E-state index contributed by atoms with van der Waals surface area (Å²) in [6.07, 6.45) is -4.88. The average molecular weight is 516 g/mol. The van der Waals surface area contributed by atoms with Crippen LogP contribution >= 0.6 is 0 Å². The van der Waals surface area contributed by atoms with Gasteiger partial charge in [-0.1, -0.05) is 54.1 Å². The van der Waals surface area contributed by atoms with E-state index in [0.717, 1.165) is 22.8 Å². The molecular weight excluding hydrogens is 491 g/mol. The monoisotopic (exact) mass is 515 g/mol. The minimum atomic E-state index is -4.88. The predicted octanol–water partition coefficient (Wildman–Crippen LogP) is 6.78. The SMILES string of the molecule is [C-]#[N+]c1c(C(F)(F)F)cc(-c2cccc(-c3cccc(C(=O)NC)c3)c2)n(Cc2ccc(C)cc2C)c1=O. The number of pyridine rings is 1. The number of alkyl halides is 3. The highest BCUT2D eigenvalue weighted by atomic mass is 19.4. The van der Waals surface area contributed by atoms with Gasteiger partial charge in [0.2, 0.25) is 0 Å². The Bertz CT molecular complexity index is 1650. The second-order valence-corrected chi connectivity index (χ2v) is 8.96. The standard InChI is InChI=1S/C30H24F3N3O2/c1-18-11-12-24(19(2)13-18)17-36-26(16-25(30(31,32)33)27(34-3)29(36)38)22-9-5-7-20(14-22)21-8-6-10-23(15-21)28(37)35-4/h5-16H,17H2,1-2,4H3,(H,35,37). The van der Waals surface area contributed by atoms with Gasteiger partial charge in [-0.15, -0.1) is 0 Å². The molecule has 1 heterocycles. The van der Waals surface area contributed by atoms with Gasteiger partial charge in [0.1, 0.15) is 0 Å². The number of nitrogens with zero attached hydrogens (tertiary/aromatic N) is 2. The van der Waals surface area contributed by atoms with E-state index in [2.05, 4.69) is 10.2 Å². The molecule has 0 fully saturated rings. The zero-order chi connectivity index (χ0) is 27.6. The van der Waals surface area contributed by atoms with E-state index in [1.54, 1.807) is 48.5 Å². The molecule has 0 aliphatic carbocycles.